The molecule has 0 N–H and O–H groups in total. The zero-order chi connectivity index (χ0) is 17.2. The van der Waals surface area contributed by atoms with Crippen molar-refractivity contribution in [1.82, 2.24) is 15.0 Å². The second kappa shape index (κ2) is 6.69. The second-order valence-electron chi connectivity index (χ2n) is 6.58. The molecule has 1 aromatic heterocycles. The lowest BCUT2D eigenvalue weighted by Crippen LogP contribution is -2.23. The lowest BCUT2D eigenvalue weighted by molar-refractivity contribution is 0.110. The summed E-state index contributed by atoms with van der Waals surface area (Å²) in [5.41, 5.74) is 5.73. The summed E-state index contributed by atoms with van der Waals surface area (Å²) >= 11 is 0. The Hall–Kier alpha value is -2.66. The Morgan fingerprint density at radius 2 is 1.92 bits per heavy atom. The molecule has 4 rings (SSSR count). The molecule has 1 atom stereocenters. The first kappa shape index (κ1) is 15.8. The third-order valence-electron chi connectivity index (χ3n) is 4.49. The molecule has 1 unspecified atom stereocenters. The van der Waals surface area contributed by atoms with Gasteiger partial charge in [-0.15, -0.1) is 5.10 Å². The van der Waals surface area contributed by atoms with Crippen LogP contribution in [0.15, 0.2) is 54.7 Å². The van der Waals surface area contributed by atoms with E-state index in [1.165, 1.54) is 16.7 Å². The highest BCUT2D eigenvalue weighted by atomic mass is 16.5. The zero-order valence-electron chi connectivity index (χ0n) is 14.6. The van der Waals surface area contributed by atoms with E-state index >= 15 is 0 Å². The van der Waals surface area contributed by atoms with E-state index in [0.29, 0.717) is 13.2 Å². The molecule has 1 fully saturated rings. The summed E-state index contributed by atoms with van der Waals surface area (Å²) in [6.07, 6.45) is 1.81. The molecule has 0 bridgehead atoms. The third-order valence-corrected chi connectivity index (χ3v) is 4.49. The first-order chi connectivity index (χ1) is 12.2. The summed E-state index contributed by atoms with van der Waals surface area (Å²) in [5, 5.41) is 8.64. The quantitative estimate of drug-likeness (QED) is 0.733. The monoisotopic (exact) mass is 334 g/mol. The highest BCUT2D eigenvalue weighted by molar-refractivity contribution is 5.49. The fourth-order valence-corrected chi connectivity index (χ4v) is 3.22. The van der Waals surface area contributed by atoms with Gasteiger partial charge in [0.15, 0.2) is 6.23 Å². The molecule has 3 aromatic rings. The molecule has 0 aliphatic carbocycles. The number of aryl methyl sites for hydroxylation is 2. The van der Waals surface area contributed by atoms with Gasteiger partial charge in [0.2, 0.25) is 0 Å². The Kier molecular flexibility index (Phi) is 4.24. The van der Waals surface area contributed by atoms with Gasteiger partial charge in [-0.2, -0.15) is 0 Å². The molecular formula is C20H22N4O. The van der Waals surface area contributed by atoms with Crippen LogP contribution in [0, 0.1) is 13.8 Å². The van der Waals surface area contributed by atoms with E-state index < -0.39 is 0 Å². The Balaban J connectivity index is 1.53. The maximum atomic E-state index is 5.93. The van der Waals surface area contributed by atoms with E-state index in [0.717, 1.165) is 17.9 Å². The highest BCUT2D eigenvalue weighted by Crippen LogP contribution is 2.31. The first-order valence-electron chi connectivity index (χ1n) is 8.59. The summed E-state index contributed by atoms with van der Waals surface area (Å²) < 4.78 is 7.80. The van der Waals surface area contributed by atoms with Crippen LogP contribution >= 0.6 is 0 Å². The van der Waals surface area contributed by atoms with Crippen LogP contribution in [0.4, 0.5) is 5.69 Å². The number of aromatic nitrogens is 3. The number of benzene rings is 2. The van der Waals surface area contributed by atoms with Crippen molar-refractivity contribution in [3.8, 4) is 0 Å². The van der Waals surface area contributed by atoms with Gasteiger partial charge >= 0.3 is 0 Å². The normalized spacial score (nSPS) is 17.2. The van der Waals surface area contributed by atoms with E-state index in [-0.39, 0.29) is 6.23 Å². The molecule has 2 aromatic carbocycles. The van der Waals surface area contributed by atoms with E-state index in [2.05, 4.69) is 77.6 Å². The van der Waals surface area contributed by atoms with Gasteiger partial charge in [-0.05, 0) is 31.5 Å². The minimum atomic E-state index is -0.172. The van der Waals surface area contributed by atoms with E-state index in [4.69, 9.17) is 4.74 Å². The lowest BCUT2D eigenvalue weighted by atomic mass is 10.1. The van der Waals surface area contributed by atoms with Crippen molar-refractivity contribution >= 4 is 5.69 Å². The third kappa shape index (κ3) is 3.42. The van der Waals surface area contributed by atoms with Gasteiger partial charge in [0.1, 0.15) is 5.69 Å². The largest absolute Gasteiger partial charge is 0.350 e. The maximum absolute atomic E-state index is 5.93. The van der Waals surface area contributed by atoms with Crippen LogP contribution in [0.3, 0.4) is 0 Å². The van der Waals surface area contributed by atoms with Crippen molar-refractivity contribution in [2.24, 2.45) is 0 Å². The van der Waals surface area contributed by atoms with Gasteiger partial charge in [-0.25, -0.2) is 4.68 Å². The average Bonchev–Trinajstić information content (AvgIpc) is 3.24. The summed E-state index contributed by atoms with van der Waals surface area (Å²) in [5.74, 6) is 0. The number of rotatable bonds is 4. The number of hydrogen-bond acceptors (Lipinski definition) is 4. The van der Waals surface area contributed by atoms with Crippen molar-refractivity contribution in [3.63, 3.8) is 0 Å². The average molecular weight is 334 g/mol. The molecule has 1 aliphatic heterocycles. The lowest BCUT2D eigenvalue weighted by Gasteiger charge is -2.23. The van der Waals surface area contributed by atoms with Crippen LogP contribution in [0.25, 0.3) is 0 Å². The van der Waals surface area contributed by atoms with Gasteiger partial charge in [-0.3, -0.25) is 0 Å². The number of ether oxygens (including phenoxy) is 1. The van der Waals surface area contributed by atoms with Crippen LogP contribution in [0.5, 0.6) is 0 Å². The fraction of sp³-hybridized carbons (Fsp3) is 0.300. The van der Waals surface area contributed by atoms with Crippen LogP contribution < -0.4 is 4.90 Å². The fourth-order valence-electron chi connectivity index (χ4n) is 3.22. The molecule has 0 radical (unpaired) electrons. The first-order valence-corrected chi connectivity index (χ1v) is 8.59. The van der Waals surface area contributed by atoms with E-state index in [9.17, 15) is 0 Å². The van der Waals surface area contributed by atoms with Crippen LogP contribution in [0.2, 0.25) is 0 Å². The molecule has 0 spiro atoms. The number of nitrogens with zero attached hydrogens (tertiary/aromatic N) is 4. The SMILES string of the molecule is Cc1ccc(N2CCOC2c2cn(Cc3cccc(C)c3)nn2)cc1. The van der Waals surface area contributed by atoms with Gasteiger partial charge < -0.3 is 9.64 Å². The van der Waals surface area contributed by atoms with E-state index in [1.807, 2.05) is 10.9 Å². The molecule has 25 heavy (non-hydrogen) atoms. The van der Waals surface area contributed by atoms with Gasteiger partial charge in [0, 0.05) is 12.2 Å². The summed E-state index contributed by atoms with van der Waals surface area (Å²) in [4.78, 5) is 2.24. The Morgan fingerprint density at radius 3 is 2.72 bits per heavy atom. The van der Waals surface area contributed by atoms with Crippen molar-refractivity contribution in [2.45, 2.75) is 26.6 Å². The van der Waals surface area contributed by atoms with Crippen molar-refractivity contribution in [1.29, 1.82) is 0 Å². The molecule has 1 saturated heterocycles. The van der Waals surface area contributed by atoms with Crippen LogP contribution in [-0.4, -0.2) is 28.1 Å². The molecule has 1 aliphatic rings. The van der Waals surface area contributed by atoms with Crippen molar-refractivity contribution in [2.75, 3.05) is 18.1 Å². The zero-order valence-corrected chi connectivity index (χ0v) is 14.6. The number of anilines is 1. The second-order valence-corrected chi connectivity index (χ2v) is 6.58. The van der Waals surface area contributed by atoms with Crippen molar-refractivity contribution < 1.29 is 4.74 Å². The van der Waals surface area contributed by atoms with Gasteiger partial charge in [-0.1, -0.05) is 52.7 Å². The molecule has 128 valence electrons. The topological polar surface area (TPSA) is 43.2 Å². The minimum absolute atomic E-state index is 0.172. The predicted octanol–water partition coefficient (Wildman–Crippen LogP) is 3.48. The smallest absolute Gasteiger partial charge is 0.177 e. The van der Waals surface area contributed by atoms with Gasteiger partial charge in [0.05, 0.1) is 19.3 Å². The molecule has 5 heteroatoms. The molecule has 0 saturated carbocycles. The molecule has 0 amide bonds. The Bertz CT molecular complexity index is 856. The molecule has 2 heterocycles. The van der Waals surface area contributed by atoms with Crippen LogP contribution in [0.1, 0.15) is 28.6 Å². The maximum Gasteiger partial charge on any atom is 0.177 e. The highest BCUT2D eigenvalue weighted by Gasteiger charge is 2.29. The van der Waals surface area contributed by atoms with Crippen molar-refractivity contribution in [3.05, 3.63) is 77.1 Å². The number of hydrogen-bond donors (Lipinski definition) is 0. The Morgan fingerprint density at radius 1 is 1.08 bits per heavy atom. The predicted molar refractivity (Wildman–Crippen MR) is 97.5 cm³/mol. The summed E-state index contributed by atoms with van der Waals surface area (Å²) in [6, 6.07) is 17.0. The minimum Gasteiger partial charge on any atom is -0.350 e. The summed E-state index contributed by atoms with van der Waals surface area (Å²) in [6.45, 7) is 6.47. The molecular weight excluding hydrogens is 312 g/mol. The Labute approximate surface area is 147 Å². The van der Waals surface area contributed by atoms with Gasteiger partial charge in [0.25, 0.3) is 0 Å². The van der Waals surface area contributed by atoms with Crippen LogP contribution in [-0.2, 0) is 11.3 Å². The standard InChI is InChI=1S/C20H22N4O/c1-15-6-8-18(9-7-15)24-10-11-25-20(24)19-14-23(22-21-19)13-17-5-3-4-16(2)12-17/h3-9,12,14,20H,10-11,13H2,1-2H3. The summed E-state index contributed by atoms with van der Waals surface area (Å²) in [7, 11) is 0. The molecule has 5 nitrogen and oxygen atoms in total. The van der Waals surface area contributed by atoms with E-state index in [1.54, 1.807) is 0 Å².